The molecular weight excluding hydrogens is 362 g/mol. The maximum absolute atomic E-state index is 12.3. The third-order valence-electron chi connectivity index (χ3n) is 4.57. The lowest BCUT2D eigenvalue weighted by Crippen LogP contribution is -2.90. The van der Waals surface area contributed by atoms with Crippen LogP contribution < -0.4 is 15.2 Å². The van der Waals surface area contributed by atoms with Crippen molar-refractivity contribution >= 4 is 23.7 Å². The molecule has 27 heavy (non-hydrogen) atoms. The van der Waals surface area contributed by atoms with Gasteiger partial charge in [-0.05, 0) is 47.4 Å². The van der Waals surface area contributed by atoms with Crippen molar-refractivity contribution in [2.45, 2.75) is 37.6 Å². The maximum atomic E-state index is 12.3. The summed E-state index contributed by atoms with van der Waals surface area (Å²) in [4.78, 5) is 23.3. The fourth-order valence-electron chi connectivity index (χ4n) is 2.88. The Morgan fingerprint density at radius 3 is 2.22 bits per heavy atom. The number of hydrogen-bond donors (Lipinski definition) is 1. The Labute approximate surface area is 163 Å². The van der Waals surface area contributed by atoms with Crippen molar-refractivity contribution in [1.82, 2.24) is 0 Å². The van der Waals surface area contributed by atoms with Gasteiger partial charge in [-0.15, -0.1) is 0 Å². The van der Waals surface area contributed by atoms with E-state index < -0.39 is 18.0 Å². The minimum atomic E-state index is -1.03. The van der Waals surface area contributed by atoms with Crippen LogP contribution in [0.5, 0.6) is 5.75 Å². The fourth-order valence-corrected chi connectivity index (χ4v) is 4.19. The molecule has 0 radical (unpaired) electrons. The largest absolute Gasteiger partial charge is 0.544 e. The average molecular weight is 385 g/mol. The Morgan fingerprint density at radius 2 is 1.70 bits per heavy atom. The SMILES string of the molecule is CC(C)(C)c1ccc(C(=O)Oc2ccc([C@H]3[NH2+][C@H](C(=O)[O-])CS3)cc2)cc1. The second-order valence-electron chi connectivity index (χ2n) is 7.66. The lowest BCUT2D eigenvalue weighted by molar-refractivity contribution is -0.690. The average Bonchev–Trinajstić information content (AvgIpc) is 3.12. The molecule has 0 aromatic heterocycles. The normalized spacial score (nSPS) is 19.7. The van der Waals surface area contributed by atoms with Crippen LogP contribution in [0.4, 0.5) is 0 Å². The molecule has 2 N–H and O–H groups in total. The van der Waals surface area contributed by atoms with E-state index in [4.69, 9.17) is 4.74 Å². The molecule has 0 spiro atoms. The first-order valence-electron chi connectivity index (χ1n) is 8.84. The number of esters is 1. The summed E-state index contributed by atoms with van der Waals surface area (Å²) < 4.78 is 5.44. The zero-order valence-electron chi connectivity index (χ0n) is 15.6. The van der Waals surface area contributed by atoms with Gasteiger partial charge in [0.2, 0.25) is 0 Å². The van der Waals surface area contributed by atoms with Gasteiger partial charge in [0.25, 0.3) is 0 Å². The number of thioether (sulfide) groups is 1. The number of carbonyl (C=O) groups excluding carboxylic acids is 2. The molecule has 0 saturated carbocycles. The standard InChI is InChI=1S/C21H23NO4S/c1-21(2,3)15-8-4-14(5-9-15)20(25)26-16-10-6-13(7-11-16)18-22-17(12-27-18)19(23)24/h4-11,17-18,22H,12H2,1-3H3,(H,23,24)/t17-,18-/m0/s1. The molecule has 2 atom stereocenters. The van der Waals surface area contributed by atoms with Crippen LogP contribution in [0.2, 0.25) is 0 Å². The first-order valence-corrected chi connectivity index (χ1v) is 9.89. The molecule has 1 fully saturated rings. The predicted octanol–water partition coefficient (Wildman–Crippen LogP) is 1.63. The summed E-state index contributed by atoms with van der Waals surface area (Å²) >= 11 is 1.57. The van der Waals surface area contributed by atoms with Gasteiger partial charge in [-0.2, -0.15) is 0 Å². The minimum absolute atomic E-state index is 0.0163. The van der Waals surface area contributed by atoms with E-state index in [1.54, 1.807) is 41.3 Å². The van der Waals surface area contributed by atoms with Crippen LogP contribution in [-0.2, 0) is 10.2 Å². The summed E-state index contributed by atoms with van der Waals surface area (Å²) in [6, 6.07) is 14.1. The number of hydrogen-bond acceptors (Lipinski definition) is 5. The highest BCUT2D eigenvalue weighted by molar-refractivity contribution is 7.99. The Balaban J connectivity index is 1.63. The van der Waals surface area contributed by atoms with Gasteiger partial charge < -0.3 is 20.0 Å². The van der Waals surface area contributed by atoms with Crippen LogP contribution in [0.15, 0.2) is 48.5 Å². The number of benzene rings is 2. The number of aliphatic carboxylic acids is 1. The van der Waals surface area contributed by atoms with Gasteiger partial charge >= 0.3 is 5.97 Å². The fraction of sp³-hybridized carbons (Fsp3) is 0.333. The monoisotopic (exact) mass is 385 g/mol. The van der Waals surface area contributed by atoms with Crippen LogP contribution in [0.25, 0.3) is 0 Å². The molecule has 0 unspecified atom stereocenters. The highest BCUT2D eigenvalue weighted by atomic mass is 32.2. The van der Waals surface area contributed by atoms with E-state index in [0.29, 0.717) is 17.1 Å². The second-order valence-corrected chi connectivity index (χ2v) is 8.83. The van der Waals surface area contributed by atoms with Crippen molar-refractivity contribution < 1.29 is 24.7 Å². The molecule has 6 heteroatoms. The molecule has 1 aliphatic rings. The van der Waals surface area contributed by atoms with Gasteiger partial charge in [0.15, 0.2) is 5.37 Å². The van der Waals surface area contributed by atoms with Crippen LogP contribution >= 0.6 is 11.8 Å². The number of quaternary nitrogens is 1. The van der Waals surface area contributed by atoms with Crippen LogP contribution in [0.3, 0.4) is 0 Å². The lowest BCUT2D eigenvalue weighted by atomic mass is 9.87. The van der Waals surface area contributed by atoms with E-state index in [0.717, 1.165) is 11.1 Å². The second kappa shape index (κ2) is 7.74. The topological polar surface area (TPSA) is 83.0 Å². The van der Waals surface area contributed by atoms with Crippen molar-refractivity contribution in [3.05, 3.63) is 65.2 Å². The van der Waals surface area contributed by atoms with E-state index in [1.807, 2.05) is 24.3 Å². The first-order chi connectivity index (χ1) is 12.7. The van der Waals surface area contributed by atoms with Crippen LogP contribution in [0, 0.1) is 0 Å². The van der Waals surface area contributed by atoms with E-state index in [1.165, 1.54) is 0 Å². The summed E-state index contributed by atoms with van der Waals surface area (Å²) in [6.07, 6.45) is 0. The molecule has 1 saturated heterocycles. The molecule has 2 aromatic carbocycles. The van der Waals surface area contributed by atoms with Crippen LogP contribution in [-0.4, -0.2) is 23.7 Å². The highest BCUT2D eigenvalue weighted by Gasteiger charge is 2.30. The van der Waals surface area contributed by atoms with Gasteiger partial charge in [-0.3, -0.25) is 0 Å². The highest BCUT2D eigenvalue weighted by Crippen LogP contribution is 2.28. The van der Waals surface area contributed by atoms with E-state index in [-0.39, 0.29) is 10.8 Å². The van der Waals surface area contributed by atoms with Crippen molar-refractivity contribution in [2.75, 3.05) is 5.75 Å². The molecule has 1 heterocycles. The predicted molar refractivity (Wildman–Crippen MR) is 102 cm³/mol. The van der Waals surface area contributed by atoms with Gasteiger partial charge in [-0.25, -0.2) is 4.79 Å². The Bertz CT molecular complexity index is 825. The Morgan fingerprint density at radius 1 is 1.07 bits per heavy atom. The van der Waals surface area contributed by atoms with E-state index >= 15 is 0 Å². The van der Waals surface area contributed by atoms with Crippen molar-refractivity contribution in [3.8, 4) is 5.75 Å². The minimum Gasteiger partial charge on any atom is -0.544 e. The Kier molecular flexibility index (Phi) is 5.58. The number of carbonyl (C=O) groups is 2. The number of carboxylic acids is 1. The maximum Gasteiger partial charge on any atom is 0.343 e. The molecular formula is C21H23NO4S. The molecule has 3 rings (SSSR count). The third kappa shape index (κ3) is 4.70. The molecule has 0 bridgehead atoms. The zero-order valence-corrected chi connectivity index (χ0v) is 16.4. The molecule has 0 amide bonds. The summed E-state index contributed by atoms with van der Waals surface area (Å²) in [5.74, 6) is -0.452. The first kappa shape index (κ1) is 19.5. The summed E-state index contributed by atoms with van der Waals surface area (Å²) in [5, 5.41) is 12.8. The van der Waals surface area contributed by atoms with Gasteiger partial charge in [-0.1, -0.05) is 44.7 Å². The van der Waals surface area contributed by atoms with Gasteiger partial charge in [0.05, 0.1) is 11.3 Å². The molecule has 1 aliphatic heterocycles. The van der Waals surface area contributed by atoms with E-state index in [9.17, 15) is 14.7 Å². The zero-order chi connectivity index (χ0) is 19.6. The van der Waals surface area contributed by atoms with Crippen LogP contribution in [0.1, 0.15) is 47.6 Å². The smallest absolute Gasteiger partial charge is 0.343 e. The van der Waals surface area contributed by atoms with Crippen molar-refractivity contribution in [1.29, 1.82) is 0 Å². The van der Waals surface area contributed by atoms with Crippen molar-refractivity contribution in [2.24, 2.45) is 0 Å². The van der Waals surface area contributed by atoms with Gasteiger partial charge in [0, 0.05) is 5.56 Å². The number of carboxylic acid groups (broad SMARTS) is 1. The number of ether oxygens (including phenoxy) is 1. The number of rotatable bonds is 4. The molecule has 5 nitrogen and oxygen atoms in total. The molecule has 142 valence electrons. The van der Waals surface area contributed by atoms with Crippen molar-refractivity contribution in [3.63, 3.8) is 0 Å². The Hall–Kier alpha value is -2.31. The summed E-state index contributed by atoms with van der Waals surface area (Å²) in [6.45, 7) is 6.37. The quantitative estimate of drug-likeness (QED) is 0.639. The third-order valence-corrected chi connectivity index (χ3v) is 5.91. The molecule has 2 aromatic rings. The van der Waals surface area contributed by atoms with E-state index in [2.05, 4.69) is 20.8 Å². The number of nitrogens with two attached hydrogens (primary N) is 1. The summed E-state index contributed by atoms with van der Waals surface area (Å²) in [5.41, 5.74) is 2.67. The molecule has 0 aliphatic carbocycles. The lowest BCUT2D eigenvalue weighted by Gasteiger charge is -2.18. The summed E-state index contributed by atoms with van der Waals surface area (Å²) in [7, 11) is 0. The van der Waals surface area contributed by atoms with Gasteiger partial charge in [0.1, 0.15) is 17.8 Å².